The molecule has 1 aliphatic heterocycles. The Morgan fingerprint density at radius 2 is 2.33 bits per heavy atom. The second kappa shape index (κ2) is 6.17. The number of halogens is 2. The van der Waals surface area contributed by atoms with Gasteiger partial charge in [0, 0.05) is 26.8 Å². The molecule has 0 aromatic heterocycles. The topological polar surface area (TPSA) is 12.0 Å². The van der Waals surface area contributed by atoms with E-state index in [1.807, 2.05) is 12.1 Å². The Kier molecular flexibility index (Phi) is 5.04. The van der Waals surface area contributed by atoms with Crippen LogP contribution >= 0.6 is 39.3 Å². The minimum Gasteiger partial charge on any atom is -0.309 e. The van der Waals surface area contributed by atoms with Gasteiger partial charge in [0.15, 0.2) is 0 Å². The van der Waals surface area contributed by atoms with E-state index >= 15 is 0 Å². The Labute approximate surface area is 127 Å². The molecule has 100 valence electrons. The highest BCUT2D eigenvalue weighted by molar-refractivity contribution is 9.10. The van der Waals surface area contributed by atoms with E-state index in [9.17, 15) is 0 Å². The Bertz CT molecular complexity index is 418. The maximum atomic E-state index is 6.28. The van der Waals surface area contributed by atoms with E-state index < -0.39 is 0 Å². The number of nitrogens with one attached hydrogen (secondary N) is 1. The highest BCUT2D eigenvalue weighted by atomic mass is 79.9. The summed E-state index contributed by atoms with van der Waals surface area (Å²) < 4.78 is 1.43. The number of hydrogen-bond donors (Lipinski definition) is 1. The summed E-state index contributed by atoms with van der Waals surface area (Å²) in [6, 6.07) is 6.39. The van der Waals surface area contributed by atoms with E-state index in [1.165, 1.54) is 24.2 Å². The minimum absolute atomic E-state index is 0.295. The van der Waals surface area contributed by atoms with Gasteiger partial charge in [-0.05, 0) is 50.1 Å². The van der Waals surface area contributed by atoms with Crippen molar-refractivity contribution in [1.29, 1.82) is 0 Å². The average Bonchev–Trinajstić information content (AvgIpc) is 2.74. The molecular formula is C14H19BrClNS. The summed E-state index contributed by atoms with van der Waals surface area (Å²) in [6.07, 6.45) is 2.65. The van der Waals surface area contributed by atoms with E-state index in [1.54, 1.807) is 0 Å². The fraction of sp³-hybridized carbons (Fsp3) is 0.571. The van der Waals surface area contributed by atoms with Crippen LogP contribution in [-0.2, 0) is 0 Å². The molecule has 2 rings (SSSR count). The Morgan fingerprint density at radius 3 is 2.94 bits per heavy atom. The molecule has 1 aromatic carbocycles. The molecule has 0 saturated carbocycles. The van der Waals surface area contributed by atoms with Crippen molar-refractivity contribution in [2.45, 2.75) is 37.5 Å². The number of benzene rings is 1. The molecule has 1 fully saturated rings. The van der Waals surface area contributed by atoms with Gasteiger partial charge in [-0.2, -0.15) is 11.8 Å². The van der Waals surface area contributed by atoms with Crippen LogP contribution in [0, 0.1) is 0 Å². The molecule has 1 aliphatic rings. The monoisotopic (exact) mass is 347 g/mol. The molecule has 1 aromatic rings. The lowest BCUT2D eigenvalue weighted by Crippen LogP contribution is -2.34. The van der Waals surface area contributed by atoms with Crippen LogP contribution in [0.15, 0.2) is 22.7 Å². The molecule has 1 nitrogen and oxygen atoms in total. The van der Waals surface area contributed by atoms with Crippen molar-refractivity contribution in [3.8, 4) is 0 Å². The highest BCUT2D eigenvalue weighted by Crippen LogP contribution is 2.37. The third-order valence-electron chi connectivity index (χ3n) is 3.51. The fourth-order valence-corrected chi connectivity index (χ4v) is 4.40. The quantitative estimate of drug-likeness (QED) is 0.818. The SMILES string of the molecule is CC(NCC1(C)CCCS1)c1ccc(Br)cc1Cl. The van der Waals surface area contributed by atoms with Gasteiger partial charge >= 0.3 is 0 Å². The van der Waals surface area contributed by atoms with Gasteiger partial charge in [0.05, 0.1) is 0 Å². The van der Waals surface area contributed by atoms with Crippen LogP contribution in [0.25, 0.3) is 0 Å². The molecular weight excluding hydrogens is 330 g/mol. The van der Waals surface area contributed by atoms with Crippen molar-refractivity contribution in [3.05, 3.63) is 33.3 Å². The molecule has 1 heterocycles. The summed E-state index contributed by atoms with van der Waals surface area (Å²) in [5.74, 6) is 1.30. The van der Waals surface area contributed by atoms with Crippen LogP contribution in [0.2, 0.25) is 5.02 Å². The van der Waals surface area contributed by atoms with Gasteiger partial charge in [0.1, 0.15) is 0 Å². The Balaban J connectivity index is 1.97. The zero-order valence-electron chi connectivity index (χ0n) is 10.8. The molecule has 0 bridgehead atoms. The summed E-state index contributed by atoms with van der Waals surface area (Å²) in [5.41, 5.74) is 1.17. The van der Waals surface area contributed by atoms with Crippen LogP contribution < -0.4 is 5.32 Å². The van der Waals surface area contributed by atoms with Gasteiger partial charge in [-0.3, -0.25) is 0 Å². The van der Waals surface area contributed by atoms with Crippen LogP contribution in [0.4, 0.5) is 0 Å². The molecule has 2 unspecified atom stereocenters. The number of thioether (sulfide) groups is 1. The van der Waals surface area contributed by atoms with E-state index in [0.717, 1.165) is 16.0 Å². The molecule has 0 amide bonds. The summed E-state index contributed by atoms with van der Waals surface area (Å²) in [7, 11) is 0. The number of rotatable bonds is 4. The minimum atomic E-state index is 0.295. The highest BCUT2D eigenvalue weighted by Gasteiger charge is 2.29. The predicted octanol–water partition coefficient (Wildman–Crippen LogP) is 5.04. The summed E-state index contributed by atoms with van der Waals surface area (Å²) in [6.45, 7) is 5.58. The van der Waals surface area contributed by atoms with E-state index in [4.69, 9.17) is 11.6 Å². The largest absolute Gasteiger partial charge is 0.309 e. The first-order chi connectivity index (χ1) is 8.50. The van der Waals surface area contributed by atoms with Gasteiger partial charge in [-0.25, -0.2) is 0 Å². The Hall–Kier alpha value is 0.300. The van der Waals surface area contributed by atoms with E-state index in [0.29, 0.717) is 10.8 Å². The van der Waals surface area contributed by atoms with Crippen molar-refractivity contribution in [1.82, 2.24) is 5.32 Å². The van der Waals surface area contributed by atoms with Gasteiger partial charge < -0.3 is 5.32 Å². The molecule has 0 aliphatic carbocycles. The van der Waals surface area contributed by atoms with Gasteiger partial charge in [0.25, 0.3) is 0 Å². The van der Waals surface area contributed by atoms with E-state index in [-0.39, 0.29) is 0 Å². The predicted molar refractivity (Wildman–Crippen MR) is 85.7 cm³/mol. The summed E-state index contributed by atoms with van der Waals surface area (Å²) >= 11 is 11.8. The van der Waals surface area contributed by atoms with Crippen molar-refractivity contribution < 1.29 is 0 Å². The summed E-state index contributed by atoms with van der Waals surface area (Å²) in [4.78, 5) is 0. The first kappa shape index (κ1) is 14.7. The molecule has 1 saturated heterocycles. The van der Waals surface area contributed by atoms with Crippen LogP contribution in [-0.4, -0.2) is 17.0 Å². The third-order valence-corrected chi connectivity index (χ3v) is 5.87. The lowest BCUT2D eigenvalue weighted by molar-refractivity contribution is 0.490. The maximum absolute atomic E-state index is 6.28. The van der Waals surface area contributed by atoms with Gasteiger partial charge in [0.2, 0.25) is 0 Å². The fourth-order valence-electron chi connectivity index (χ4n) is 2.31. The van der Waals surface area contributed by atoms with Crippen LogP contribution in [0.5, 0.6) is 0 Å². The zero-order valence-corrected chi connectivity index (χ0v) is 14.0. The molecule has 0 spiro atoms. The van der Waals surface area contributed by atoms with Crippen molar-refractivity contribution in [2.24, 2.45) is 0 Å². The zero-order chi connectivity index (χ0) is 13.2. The molecule has 2 atom stereocenters. The first-order valence-corrected chi connectivity index (χ1v) is 8.48. The van der Waals surface area contributed by atoms with Gasteiger partial charge in [-0.15, -0.1) is 0 Å². The van der Waals surface area contributed by atoms with Crippen molar-refractivity contribution >= 4 is 39.3 Å². The molecule has 1 N–H and O–H groups in total. The maximum Gasteiger partial charge on any atom is 0.0464 e. The lowest BCUT2D eigenvalue weighted by Gasteiger charge is -2.26. The molecule has 4 heteroatoms. The molecule has 0 radical (unpaired) electrons. The second-order valence-corrected chi connectivity index (χ2v) is 8.18. The Morgan fingerprint density at radius 1 is 1.56 bits per heavy atom. The average molecular weight is 349 g/mol. The van der Waals surface area contributed by atoms with Crippen LogP contribution in [0.3, 0.4) is 0 Å². The lowest BCUT2D eigenvalue weighted by atomic mass is 10.0. The molecule has 18 heavy (non-hydrogen) atoms. The third kappa shape index (κ3) is 3.66. The van der Waals surface area contributed by atoms with Gasteiger partial charge in [-0.1, -0.05) is 33.6 Å². The van der Waals surface area contributed by atoms with E-state index in [2.05, 4.69) is 52.9 Å². The smallest absolute Gasteiger partial charge is 0.0464 e. The second-order valence-electron chi connectivity index (χ2n) is 5.17. The van der Waals surface area contributed by atoms with Crippen LogP contribution in [0.1, 0.15) is 38.3 Å². The van der Waals surface area contributed by atoms with Crippen molar-refractivity contribution in [2.75, 3.05) is 12.3 Å². The first-order valence-electron chi connectivity index (χ1n) is 6.32. The van der Waals surface area contributed by atoms with Crippen molar-refractivity contribution in [3.63, 3.8) is 0 Å². The standard InChI is InChI=1S/C14H19BrClNS/c1-10(12-5-4-11(15)8-13(12)16)17-9-14(2)6-3-7-18-14/h4-5,8,10,17H,3,6-7,9H2,1-2H3. The number of hydrogen-bond acceptors (Lipinski definition) is 2. The summed E-state index contributed by atoms with van der Waals surface area (Å²) in [5, 5.41) is 4.45. The normalized spacial score (nSPS) is 25.3.